The lowest BCUT2D eigenvalue weighted by Crippen LogP contribution is -2.08. The number of esters is 1. The van der Waals surface area contributed by atoms with Crippen LogP contribution in [-0.2, 0) is 0 Å². The van der Waals surface area contributed by atoms with Crippen LogP contribution < -0.4 is 4.74 Å². The van der Waals surface area contributed by atoms with Gasteiger partial charge in [0.1, 0.15) is 5.75 Å². The molecule has 0 aliphatic carbocycles. The summed E-state index contributed by atoms with van der Waals surface area (Å²) in [5.74, 6) is -0.685. The van der Waals surface area contributed by atoms with E-state index in [1.54, 1.807) is 24.3 Å². The molecule has 0 fully saturated rings. The molecule has 0 N–H and O–H groups in total. The molecule has 6 nitrogen and oxygen atoms in total. The standard InChI is InChI=1S/C22H13Cl2NO5/c23-17-7-1-14(20(24)13-17)6-12-21(26)15-4-10-19(11-5-15)30-22(27)16-2-8-18(9-3-16)25(28)29/h1-13H/b12-6+. The second-order valence-corrected chi connectivity index (χ2v) is 6.92. The Morgan fingerprint density at radius 1 is 0.900 bits per heavy atom. The van der Waals surface area contributed by atoms with E-state index in [4.69, 9.17) is 27.9 Å². The predicted octanol–water partition coefficient (Wildman–Crippen LogP) is 6.02. The zero-order valence-corrected chi connectivity index (χ0v) is 16.8. The maximum atomic E-state index is 12.3. The molecule has 3 aromatic rings. The number of benzene rings is 3. The molecule has 0 unspecified atom stereocenters. The van der Waals surface area contributed by atoms with Gasteiger partial charge in [0, 0.05) is 27.7 Å². The number of carbonyl (C=O) groups excluding carboxylic acids is 2. The van der Waals surface area contributed by atoms with E-state index < -0.39 is 10.9 Å². The van der Waals surface area contributed by atoms with Gasteiger partial charge in [0.15, 0.2) is 5.78 Å². The minimum Gasteiger partial charge on any atom is -0.423 e. The van der Waals surface area contributed by atoms with Crippen molar-refractivity contribution in [2.75, 3.05) is 0 Å². The highest BCUT2D eigenvalue weighted by Crippen LogP contribution is 2.22. The van der Waals surface area contributed by atoms with Gasteiger partial charge in [-0.2, -0.15) is 0 Å². The third-order valence-electron chi connectivity index (χ3n) is 4.04. The third-order valence-corrected chi connectivity index (χ3v) is 4.60. The van der Waals surface area contributed by atoms with Crippen molar-refractivity contribution in [2.45, 2.75) is 0 Å². The van der Waals surface area contributed by atoms with E-state index in [0.29, 0.717) is 21.2 Å². The first-order valence-corrected chi connectivity index (χ1v) is 9.33. The van der Waals surface area contributed by atoms with Crippen LogP contribution in [0, 0.1) is 10.1 Å². The van der Waals surface area contributed by atoms with Crippen LogP contribution in [-0.4, -0.2) is 16.7 Å². The summed E-state index contributed by atoms with van der Waals surface area (Å²) in [5.41, 5.74) is 1.10. The molecule has 3 aromatic carbocycles. The van der Waals surface area contributed by atoms with Crippen LogP contribution in [0.2, 0.25) is 10.0 Å². The number of ether oxygens (including phenoxy) is 1. The molecule has 0 saturated heterocycles. The van der Waals surface area contributed by atoms with E-state index in [1.807, 2.05) is 0 Å². The summed E-state index contributed by atoms with van der Waals surface area (Å²) in [6.45, 7) is 0. The number of carbonyl (C=O) groups is 2. The normalized spacial score (nSPS) is 10.7. The number of allylic oxidation sites excluding steroid dienone is 1. The van der Waals surface area contributed by atoms with Crippen molar-refractivity contribution in [1.82, 2.24) is 0 Å². The second kappa shape index (κ2) is 9.35. The SMILES string of the molecule is O=C(/C=C/c1ccc(Cl)cc1Cl)c1ccc(OC(=O)c2ccc([N+](=O)[O-])cc2)cc1. The van der Waals surface area contributed by atoms with Crippen LogP contribution in [0.1, 0.15) is 26.3 Å². The van der Waals surface area contributed by atoms with Crippen molar-refractivity contribution in [3.8, 4) is 5.75 Å². The first-order valence-electron chi connectivity index (χ1n) is 8.57. The van der Waals surface area contributed by atoms with Gasteiger partial charge in [-0.3, -0.25) is 14.9 Å². The van der Waals surface area contributed by atoms with Gasteiger partial charge in [0.05, 0.1) is 10.5 Å². The molecule has 0 radical (unpaired) electrons. The Labute approximate surface area is 181 Å². The number of ketones is 1. The molecule has 30 heavy (non-hydrogen) atoms. The number of rotatable bonds is 6. The number of hydrogen-bond acceptors (Lipinski definition) is 5. The van der Waals surface area contributed by atoms with Gasteiger partial charge in [0.2, 0.25) is 0 Å². The van der Waals surface area contributed by atoms with Crippen molar-refractivity contribution >= 4 is 46.7 Å². The van der Waals surface area contributed by atoms with Crippen molar-refractivity contribution in [3.63, 3.8) is 0 Å². The minimum absolute atomic E-state index is 0.123. The molecule has 150 valence electrons. The number of non-ortho nitro benzene ring substituents is 1. The largest absolute Gasteiger partial charge is 0.423 e. The highest BCUT2D eigenvalue weighted by molar-refractivity contribution is 6.35. The summed E-state index contributed by atoms with van der Waals surface area (Å²) in [5, 5.41) is 11.6. The lowest BCUT2D eigenvalue weighted by atomic mass is 10.1. The Kier molecular flexibility index (Phi) is 6.61. The molecular formula is C22H13Cl2NO5. The number of nitrogens with zero attached hydrogens (tertiary/aromatic N) is 1. The highest BCUT2D eigenvalue weighted by Gasteiger charge is 2.12. The van der Waals surface area contributed by atoms with Gasteiger partial charge in [-0.1, -0.05) is 29.3 Å². The van der Waals surface area contributed by atoms with Crippen LogP contribution >= 0.6 is 23.2 Å². The van der Waals surface area contributed by atoms with Crippen molar-refractivity contribution in [3.05, 3.63) is 110 Å². The van der Waals surface area contributed by atoms with Crippen LogP contribution in [0.5, 0.6) is 5.75 Å². The fraction of sp³-hybridized carbons (Fsp3) is 0. The Balaban J connectivity index is 1.65. The minimum atomic E-state index is -0.666. The van der Waals surface area contributed by atoms with E-state index >= 15 is 0 Å². The summed E-state index contributed by atoms with van der Waals surface area (Å²) in [4.78, 5) is 34.6. The Morgan fingerprint density at radius 2 is 1.53 bits per heavy atom. The zero-order valence-electron chi connectivity index (χ0n) is 15.2. The molecule has 3 rings (SSSR count). The third kappa shape index (κ3) is 5.31. The van der Waals surface area contributed by atoms with Crippen molar-refractivity contribution in [2.24, 2.45) is 0 Å². The van der Waals surface area contributed by atoms with E-state index in [2.05, 4.69) is 0 Å². The highest BCUT2D eigenvalue weighted by atomic mass is 35.5. The Bertz CT molecular complexity index is 1140. The molecular weight excluding hydrogens is 429 g/mol. The molecule has 0 bridgehead atoms. The van der Waals surface area contributed by atoms with Gasteiger partial charge in [-0.15, -0.1) is 0 Å². The molecule has 0 heterocycles. The molecule has 0 aromatic heterocycles. The van der Waals surface area contributed by atoms with Gasteiger partial charge in [-0.25, -0.2) is 4.79 Å². The monoisotopic (exact) mass is 441 g/mol. The number of halogens is 2. The van der Waals surface area contributed by atoms with E-state index in [1.165, 1.54) is 54.6 Å². The topological polar surface area (TPSA) is 86.5 Å². The summed E-state index contributed by atoms with van der Waals surface area (Å²) >= 11 is 11.9. The number of nitro benzene ring substituents is 1. The molecule has 0 amide bonds. The second-order valence-electron chi connectivity index (χ2n) is 6.08. The average molecular weight is 442 g/mol. The summed E-state index contributed by atoms with van der Waals surface area (Å²) in [6, 6.07) is 16.0. The van der Waals surface area contributed by atoms with Gasteiger partial charge < -0.3 is 4.74 Å². The van der Waals surface area contributed by atoms with Crippen LogP contribution in [0.4, 0.5) is 5.69 Å². The smallest absolute Gasteiger partial charge is 0.343 e. The van der Waals surface area contributed by atoms with E-state index in [0.717, 1.165) is 0 Å². The van der Waals surface area contributed by atoms with Gasteiger partial charge in [-0.05, 0) is 66.2 Å². The van der Waals surface area contributed by atoms with E-state index in [-0.39, 0.29) is 22.8 Å². The molecule has 0 aliphatic heterocycles. The first-order chi connectivity index (χ1) is 14.3. The van der Waals surface area contributed by atoms with Gasteiger partial charge >= 0.3 is 5.97 Å². The Hall–Kier alpha value is -3.48. The lowest BCUT2D eigenvalue weighted by molar-refractivity contribution is -0.384. The molecule has 0 atom stereocenters. The van der Waals surface area contributed by atoms with Crippen LogP contribution in [0.25, 0.3) is 6.08 Å². The molecule has 0 aliphatic rings. The van der Waals surface area contributed by atoms with Crippen LogP contribution in [0.15, 0.2) is 72.8 Å². The van der Waals surface area contributed by atoms with Gasteiger partial charge in [0.25, 0.3) is 5.69 Å². The van der Waals surface area contributed by atoms with E-state index in [9.17, 15) is 19.7 Å². The quantitative estimate of drug-likeness (QED) is 0.116. The number of hydrogen-bond donors (Lipinski definition) is 0. The van der Waals surface area contributed by atoms with Crippen molar-refractivity contribution in [1.29, 1.82) is 0 Å². The maximum absolute atomic E-state index is 12.3. The summed E-state index contributed by atoms with van der Waals surface area (Å²) < 4.78 is 5.22. The summed E-state index contributed by atoms with van der Waals surface area (Å²) in [6.07, 6.45) is 2.97. The molecule has 0 saturated carbocycles. The lowest BCUT2D eigenvalue weighted by Gasteiger charge is -2.05. The average Bonchev–Trinajstić information content (AvgIpc) is 2.73. The zero-order chi connectivity index (χ0) is 21.7. The van der Waals surface area contributed by atoms with Crippen LogP contribution in [0.3, 0.4) is 0 Å². The first kappa shape index (κ1) is 21.2. The number of nitro groups is 1. The fourth-order valence-corrected chi connectivity index (χ4v) is 2.94. The fourth-order valence-electron chi connectivity index (χ4n) is 2.47. The Morgan fingerprint density at radius 3 is 2.13 bits per heavy atom. The van der Waals surface area contributed by atoms with Crippen molar-refractivity contribution < 1.29 is 19.2 Å². The maximum Gasteiger partial charge on any atom is 0.343 e. The summed E-state index contributed by atoms with van der Waals surface area (Å²) in [7, 11) is 0. The molecule has 0 spiro atoms. The predicted molar refractivity (Wildman–Crippen MR) is 114 cm³/mol. The molecule has 8 heteroatoms.